The van der Waals surface area contributed by atoms with Crippen molar-refractivity contribution in [2.75, 3.05) is 0 Å². The lowest BCUT2D eigenvalue weighted by molar-refractivity contribution is -0.142. The predicted octanol–water partition coefficient (Wildman–Crippen LogP) is 2.92. The van der Waals surface area contributed by atoms with Crippen molar-refractivity contribution in [3.63, 3.8) is 0 Å². The molecule has 0 saturated carbocycles. The van der Waals surface area contributed by atoms with E-state index in [4.69, 9.17) is 0 Å². The second-order valence-electron chi connectivity index (χ2n) is 8.08. The zero-order valence-electron chi connectivity index (χ0n) is 19.0. The van der Waals surface area contributed by atoms with Crippen LogP contribution >= 0.6 is 0 Å². The van der Waals surface area contributed by atoms with Gasteiger partial charge in [-0.25, -0.2) is 9.18 Å². The number of carboxylic acid groups (broad SMARTS) is 1. The Morgan fingerprint density at radius 2 is 1.40 bits per heavy atom. The smallest absolute Gasteiger partial charge is 0.326 e. The zero-order chi connectivity index (χ0) is 25.4. The van der Waals surface area contributed by atoms with Crippen LogP contribution in [0.15, 0.2) is 78.9 Å². The standard InChI is InChI=1S/C27H25FN2O5/c1-17(31)29-23(16-19-6-5-9-22(28)14-19)26(33)30-24(27(34)35)15-18-10-12-21(13-11-18)25(32)20-7-3-2-4-8-20/h2-14,23-24H,15-16H2,1H3,(H,29,31)(H,30,33)(H,34,35)/t23-,24-/m0/s1. The molecule has 7 nitrogen and oxygen atoms in total. The van der Waals surface area contributed by atoms with Crippen molar-refractivity contribution in [2.24, 2.45) is 0 Å². The molecule has 0 bridgehead atoms. The lowest BCUT2D eigenvalue weighted by Crippen LogP contribution is -2.52. The van der Waals surface area contributed by atoms with E-state index in [0.29, 0.717) is 22.3 Å². The zero-order valence-corrected chi connectivity index (χ0v) is 19.0. The number of halogens is 1. The van der Waals surface area contributed by atoms with E-state index in [9.17, 15) is 28.7 Å². The van der Waals surface area contributed by atoms with E-state index < -0.39 is 35.7 Å². The molecule has 3 rings (SSSR count). The molecule has 0 aliphatic heterocycles. The minimum Gasteiger partial charge on any atom is -0.480 e. The van der Waals surface area contributed by atoms with Gasteiger partial charge in [0, 0.05) is 30.9 Å². The van der Waals surface area contributed by atoms with Crippen molar-refractivity contribution in [1.29, 1.82) is 0 Å². The Bertz CT molecular complexity index is 1210. The Kier molecular flexibility index (Phi) is 8.45. The summed E-state index contributed by atoms with van der Waals surface area (Å²) in [6, 6.07) is 18.5. The Balaban J connectivity index is 1.70. The van der Waals surface area contributed by atoms with Crippen LogP contribution < -0.4 is 10.6 Å². The molecule has 0 fully saturated rings. The van der Waals surface area contributed by atoms with E-state index in [1.165, 1.54) is 25.1 Å². The Hall–Kier alpha value is -4.33. The molecule has 8 heteroatoms. The third-order valence-corrected chi connectivity index (χ3v) is 5.33. The van der Waals surface area contributed by atoms with Gasteiger partial charge in [-0.2, -0.15) is 0 Å². The summed E-state index contributed by atoms with van der Waals surface area (Å²) in [5, 5.41) is 14.6. The van der Waals surface area contributed by atoms with Crippen LogP contribution in [0.1, 0.15) is 34.0 Å². The van der Waals surface area contributed by atoms with Gasteiger partial charge in [0.15, 0.2) is 5.78 Å². The van der Waals surface area contributed by atoms with Gasteiger partial charge in [0.2, 0.25) is 11.8 Å². The molecular formula is C27H25FN2O5. The maximum atomic E-state index is 13.5. The number of carbonyl (C=O) groups is 4. The lowest BCUT2D eigenvalue weighted by Gasteiger charge is -2.21. The summed E-state index contributed by atoms with van der Waals surface area (Å²) in [5.74, 6) is -3.08. The molecule has 35 heavy (non-hydrogen) atoms. The molecular weight excluding hydrogens is 451 g/mol. The van der Waals surface area contributed by atoms with Gasteiger partial charge in [-0.1, -0.05) is 66.7 Å². The van der Waals surface area contributed by atoms with Gasteiger partial charge in [-0.05, 0) is 23.3 Å². The summed E-state index contributed by atoms with van der Waals surface area (Å²) in [4.78, 5) is 48.9. The van der Waals surface area contributed by atoms with Crippen molar-refractivity contribution in [2.45, 2.75) is 31.8 Å². The van der Waals surface area contributed by atoms with Crippen molar-refractivity contribution < 1.29 is 28.7 Å². The molecule has 3 aromatic rings. The van der Waals surface area contributed by atoms with Gasteiger partial charge in [-0.3, -0.25) is 14.4 Å². The fraction of sp³-hybridized carbons (Fsp3) is 0.185. The quantitative estimate of drug-likeness (QED) is 0.390. The third kappa shape index (κ3) is 7.33. The molecule has 0 spiro atoms. The third-order valence-electron chi connectivity index (χ3n) is 5.33. The molecule has 0 heterocycles. The number of aliphatic carboxylic acids is 1. The van der Waals surface area contributed by atoms with Gasteiger partial charge in [0.1, 0.15) is 17.9 Å². The number of rotatable bonds is 10. The van der Waals surface area contributed by atoms with Gasteiger partial charge in [0.25, 0.3) is 0 Å². The van der Waals surface area contributed by atoms with Crippen LogP contribution in [0.4, 0.5) is 4.39 Å². The second kappa shape index (κ2) is 11.7. The predicted molar refractivity (Wildman–Crippen MR) is 127 cm³/mol. The van der Waals surface area contributed by atoms with E-state index in [2.05, 4.69) is 10.6 Å². The first kappa shape index (κ1) is 25.3. The molecule has 0 saturated heterocycles. The summed E-state index contributed by atoms with van der Waals surface area (Å²) < 4.78 is 13.5. The molecule has 0 aromatic heterocycles. The average Bonchev–Trinajstić information content (AvgIpc) is 2.83. The SMILES string of the molecule is CC(=O)N[C@@H](Cc1cccc(F)c1)C(=O)N[C@@H](Cc1ccc(C(=O)c2ccccc2)cc1)C(=O)O. The van der Waals surface area contributed by atoms with Crippen molar-refractivity contribution in [1.82, 2.24) is 10.6 Å². The number of ketones is 1. The van der Waals surface area contributed by atoms with E-state index in [0.717, 1.165) is 0 Å². The average molecular weight is 477 g/mol. The number of amides is 2. The van der Waals surface area contributed by atoms with Crippen LogP contribution in [0.5, 0.6) is 0 Å². The molecule has 0 aliphatic carbocycles. The molecule has 0 radical (unpaired) electrons. The Morgan fingerprint density at radius 3 is 2.00 bits per heavy atom. The maximum absolute atomic E-state index is 13.5. The topological polar surface area (TPSA) is 113 Å². The number of carboxylic acids is 1. The molecule has 2 atom stereocenters. The first-order valence-corrected chi connectivity index (χ1v) is 11.0. The first-order valence-electron chi connectivity index (χ1n) is 11.0. The minimum absolute atomic E-state index is 0.00813. The highest BCUT2D eigenvalue weighted by Crippen LogP contribution is 2.13. The molecule has 2 amide bonds. The Morgan fingerprint density at radius 1 is 0.771 bits per heavy atom. The van der Waals surface area contributed by atoms with Crippen LogP contribution in [0.2, 0.25) is 0 Å². The molecule has 3 aromatic carbocycles. The fourth-order valence-electron chi connectivity index (χ4n) is 3.61. The number of hydrogen-bond donors (Lipinski definition) is 3. The summed E-state index contributed by atoms with van der Waals surface area (Å²) >= 11 is 0. The van der Waals surface area contributed by atoms with E-state index >= 15 is 0 Å². The highest BCUT2D eigenvalue weighted by Gasteiger charge is 2.26. The number of carbonyl (C=O) groups excluding carboxylic acids is 3. The fourth-order valence-corrected chi connectivity index (χ4v) is 3.61. The summed E-state index contributed by atoms with van der Waals surface area (Å²) in [6.45, 7) is 1.23. The van der Waals surface area contributed by atoms with Crippen LogP contribution in [0.25, 0.3) is 0 Å². The van der Waals surface area contributed by atoms with Gasteiger partial charge in [-0.15, -0.1) is 0 Å². The van der Waals surface area contributed by atoms with Crippen molar-refractivity contribution in [3.8, 4) is 0 Å². The lowest BCUT2D eigenvalue weighted by atomic mass is 9.99. The van der Waals surface area contributed by atoms with E-state index in [-0.39, 0.29) is 18.6 Å². The molecule has 0 aliphatic rings. The highest BCUT2D eigenvalue weighted by atomic mass is 19.1. The summed E-state index contributed by atoms with van der Waals surface area (Å²) in [6.07, 6.45) is -0.0422. The second-order valence-corrected chi connectivity index (χ2v) is 8.08. The monoisotopic (exact) mass is 476 g/mol. The number of nitrogens with one attached hydrogen (secondary N) is 2. The van der Waals surface area contributed by atoms with Crippen LogP contribution in [-0.2, 0) is 27.2 Å². The van der Waals surface area contributed by atoms with Crippen LogP contribution in [0, 0.1) is 5.82 Å². The highest BCUT2D eigenvalue weighted by molar-refractivity contribution is 6.08. The van der Waals surface area contributed by atoms with Gasteiger partial charge in [0.05, 0.1) is 0 Å². The van der Waals surface area contributed by atoms with Crippen molar-refractivity contribution in [3.05, 3.63) is 107 Å². The molecule has 3 N–H and O–H groups in total. The van der Waals surface area contributed by atoms with E-state index in [1.807, 2.05) is 6.07 Å². The maximum Gasteiger partial charge on any atom is 0.326 e. The summed E-state index contributed by atoms with van der Waals surface area (Å²) in [7, 11) is 0. The van der Waals surface area contributed by atoms with E-state index in [1.54, 1.807) is 54.6 Å². The first-order chi connectivity index (χ1) is 16.7. The Labute approximate surface area is 202 Å². The summed E-state index contributed by atoms with van der Waals surface area (Å²) in [5.41, 5.74) is 2.07. The normalized spacial score (nSPS) is 12.3. The molecule has 180 valence electrons. The van der Waals surface area contributed by atoms with Crippen LogP contribution in [-0.4, -0.2) is 40.8 Å². The van der Waals surface area contributed by atoms with Gasteiger partial charge >= 0.3 is 5.97 Å². The van der Waals surface area contributed by atoms with Gasteiger partial charge < -0.3 is 15.7 Å². The largest absolute Gasteiger partial charge is 0.480 e. The van der Waals surface area contributed by atoms with Crippen molar-refractivity contribution >= 4 is 23.6 Å². The van der Waals surface area contributed by atoms with Crippen LogP contribution in [0.3, 0.4) is 0 Å². The minimum atomic E-state index is -1.28. The number of hydrogen-bond acceptors (Lipinski definition) is 4. The molecule has 0 unspecified atom stereocenters. The number of benzene rings is 3.